The van der Waals surface area contributed by atoms with E-state index in [0.717, 1.165) is 50.2 Å². The van der Waals surface area contributed by atoms with Crippen molar-refractivity contribution in [2.45, 2.75) is 25.7 Å². The van der Waals surface area contributed by atoms with Crippen molar-refractivity contribution in [1.29, 1.82) is 0 Å². The number of para-hydroxylation sites is 1. The molecule has 1 aromatic carbocycles. The molecule has 0 bridgehead atoms. The van der Waals surface area contributed by atoms with Crippen molar-refractivity contribution >= 4 is 11.7 Å². The predicted octanol–water partition coefficient (Wildman–Crippen LogP) is 1.52. The molecule has 7 heteroatoms. The summed E-state index contributed by atoms with van der Waals surface area (Å²) in [4.78, 5) is 12.7. The molecule has 2 aromatic rings. The summed E-state index contributed by atoms with van der Waals surface area (Å²) >= 11 is 0. The van der Waals surface area contributed by atoms with Crippen molar-refractivity contribution in [3.05, 3.63) is 42.1 Å². The van der Waals surface area contributed by atoms with E-state index < -0.39 is 5.41 Å². The first-order valence-corrected chi connectivity index (χ1v) is 9.52. The minimum Gasteiger partial charge on any atom is -0.384 e. The van der Waals surface area contributed by atoms with Gasteiger partial charge in [-0.05, 0) is 50.9 Å². The van der Waals surface area contributed by atoms with E-state index in [-0.39, 0.29) is 5.91 Å². The molecule has 0 unspecified atom stereocenters. The van der Waals surface area contributed by atoms with Gasteiger partial charge < -0.3 is 21.1 Å². The van der Waals surface area contributed by atoms with Gasteiger partial charge in [-0.15, -0.1) is 0 Å². The van der Waals surface area contributed by atoms with Gasteiger partial charge in [0, 0.05) is 19.7 Å². The van der Waals surface area contributed by atoms with E-state index in [0.29, 0.717) is 19.0 Å². The number of carbonyl (C=O) groups is 1. The third kappa shape index (κ3) is 4.67. The number of nitrogen functional groups attached to an aromatic ring is 1. The first-order chi connectivity index (χ1) is 13.1. The van der Waals surface area contributed by atoms with Gasteiger partial charge in [0.1, 0.15) is 5.82 Å². The van der Waals surface area contributed by atoms with Gasteiger partial charge in [0.15, 0.2) is 0 Å². The zero-order valence-corrected chi connectivity index (χ0v) is 15.9. The first kappa shape index (κ1) is 19.4. The molecule has 0 saturated carbocycles. The van der Waals surface area contributed by atoms with Crippen LogP contribution in [0.25, 0.3) is 5.69 Å². The highest BCUT2D eigenvalue weighted by Crippen LogP contribution is 2.29. The van der Waals surface area contributed by atoms with Crippen LogP contribution in [0.2, 0.25) is 0 Å². The maximum absolute atomic E-state index is 12.7. The van der Waals surface area contributed by atoms with Crippen LogP contribution < -0.4 is 16.4 Å². The van der Waals surface area contributed by atoms with Crippen molar-refractivity contribution in [2.75, 3.05) is 39.1 Å². The summed E-state index contributed by atoms with van der Waals surface area (Å²) in [7, 11) is 1.66. The van der Waals surface area contributed by atoms with Crippen LogP contribution in [0.1, 0.15) is 25.0 Å². The topological polar surface area (TPSA) is 94.2 Å². The number of aryl methyl sites for hydroxylation is 1. The Morgan fingerprint density at radius 2 is 2.07 bits per heavy atom. The Morgan fingerprint density at radius 1 is 1.33 bits per heavy atom. The molecular weight excluding hydrogens is 342 g/mol. The first-order valence-electron chi connectivity index (χ1n) is 9.52. The molecule has 0 spiro atoms. The van der Waals surface area contributed by atoms with Gasteiger partial charge in [0.05, 0.1) is 23.4 Å². The SMILES string of the molecule is COCC1(C(=O)NCCCc2cc(N)n(-c3ccccc3)n2)CCNCC1. The molecule has 3 rings (SSSR count). The standard InChI is InChI=1S/C20H29N5O2/c1-27-15-20(9-12-22-13-10-20)19(26)23-11-5-6-16-14-18(21)25(24-16)17-7-3-2-4-8-17/h2-4,7-8,14,22H,5-6,9-13,15,21H2,1H3,(H,23,26). The fourth-order valence-corrected chi connectivity index (χ4v) is 3.62. The van der Waals surface area contributed by atoms with Gasteiger partial charge in [-0.3, -0.25) is 4.79 Å². The number of amides is 1. The number of ether oxygens (including phenoxy) is 1. The summed E-state index contributed by atoms with van der Waals surface area (Å²) in [5.41, 5.74) is 7.56. The molecule has 0 atom stereocenters. The zero-order valence-electron chi connectivity index (χ0n) is 15.9. The van der Waals surface area contributed by atoms with Crippen molar-refractivity contribution in [1.82, 2.24) is 20.4 Å². The molecule has 27 heavy (non-hydrogen) atoms. The van der Waals surface area contributed by atoms with Crippen LogP contribution in [0.15, 0.2) is 36.4 Å². The molecular formula is C20H29N5O2. The van der Waals surface area contributed by atoms with Gasteiger partial charge in [-0.25, -0.2) is 4.68 Å². The average molecular weight is 371 g/mol. The normalized spacial score (nSPS) is 16.2. The van der Waals surface area contributed by atoms with Gasteiger partial charge in [0.2, 0.25) is 5.91 Å². The second-order valence-electron chi connectivity index (χ2n) is 7.13. The fraction of sp³-hybridized carbons (Fsp3) is 0.500. The lowest BCUT2D eigenvalue weighted by Crippen LogP contribution is -2.50. The van der Waals surface area contributed by atoms with Crippen LogP contribution in [0.3, 0.4) is 0 Å². The van der Waals surface area contributed by atoms with E-state index in [1.54, 1.807) is 11.8 Å². The van der Waals surface area contributed by atoms with Crippen LogP contribution in [0.5, 0.6) is 0 Å². The molecule has 2 heterocycles. The van der Waals surface area contributed by atoms with Gasteiger partial charge >= 0.3 is 0 Å². The molecule has 1 saturated heterocycles. The number of aromatic nitrogens is 2. The summed E-state index contributed by atoms with van der Waals surface area (Å²) in [5.74, 6) is 0.717. The predicted molar refractivity (Wildman–Crippen MR) is 106 cm³/mol. The molecule has 146 valence electrons. The Labute approximate surface area is 160 Å². The quantitative estimate of drug-likeness (QED) is 0.612. The number of piperidine rings is 1. The number of benzene rings is 1. The van der Waals surface area contributed by atoms with E-state index in [4.69, 9.17) is 10.5 Å². The minimum absolute atomic E-state index is 0.0974. The molecule has 1 aromatic heterocycles. The summed E-state index contributed by atoms with van der Waals surface area (Å²) in [6, 6.07) is 11.7. The molecule has 1 aliphatic rings. The lowest BCUT2D eigenvalue weighted by Gasteiger charge is -2.35. The van der Waals surface area contributed by atoms with Crippen LogP contribution >= 0.6 is 0 Å². The highest BCUT2D eigenvalue weighted by atomic mass is 16.5. The minimum atomic E-state index is -0.403. The fourth-order valence-electron chi connectivity index (χ4n) is 3.62. The van der Waals surface area contributed by atoms with Crippen molar-refractivity contribution in [3.8, 4) is 5.69 Å². The Morgan fingerprint density at radius 3 is 2.78 bits per heavy atom. The van der Waals surface area contributed by atoms with Crippen LogP contribution in [-0.4, -0.2) is 49.0 Å². The van der Waals surface area contributed by atoms with Crippen LogP contribution in [-0.2, 0) is 16.0 Å². The van der Waals surface area contributed by atoms with Crippen LogP contribution in [0.4, 0.5) is 5.82 Å². The summed E-state index contributed by atoms with van der Waals surface area (Å²) in [6.45, 7) is 2.80. The van der Waals surface area contributed by atoms with Gasteiger partial charge in [0.25, 0.3) is 0 Å². The van der Waals surface area contributed by atoms with Crippen molar-refractivity contribution < 1.29 is 9.53 Å². The van der Waals surface area contributed by atoms with E-state index in [1.165, 1.54) is 0 Å². The van der Waals surface area contributed by atoms with Crippen LogP contribution in [0, 0.1) is 5.41 Å². The molecule has 1 amide bonds. The number of nitrogens with zero attached hydrogens (tertiary/aromatic N) is 2. The smallest absolute Gasteiger partial charge is 0.228 e. The molecule has 0 aliphatic carbocycles. The summed E-state index contributed by atoms with van der Waals surface area (Å²) in [6.07, 6.45) is 3.21. The number of methoxy groups -OCH3 is 1. The summed E-state index contributed by atoms with van der Waals surface area (Å²) < 4.78 is 7.07. The highest BCUT2D eigenvalue weighted by Gasteiger charge is 2.39. The maximum atomic E-state index is 12.7. The number of rotatable bonds is 8. The Balaban J connectivity index is 1.51. The molecule has 4 N–H and O–H groups in total. The largest absolute Gasteiger partial charge is 0.384 e. The number of hydrogen-bond acceptors (Lipinski definition) is 5. The average Bonchev–Trinajstić information content (AvgIpc) is 3.07. The summed E-state index contributed by atoms with van der Waals surface area (Å²) in [5, 5.41) is 11.0. The van der Waals surface area contributed by atoms with E-state index >= 15 is 0 Å². The lowest BCUT2D eigenvalue weighted by atomic mass is 9.78. The Kier molecular flexibility index (Phi) is 6.47. The van der Waals surface area contributed by atoms with E-state index in [2.05, 4.69) is 15.7 Å². The number of nitrogens with one attached hydrogen (secondary N) is 2. The van der Waals surface area contributed by atoms with E-state index in [9.17, 15) is 4.79 Å². The van der Waals surface area contributed by atoms with Gasteiger partial charge in [-0.1, -0.05) is 18.2 Å². The van der Waals surface area contributed by atoms with E-state index in [1.807, 2.05) is 36.4 Å². The highest BCUT2D eigenvalue weighted by molar-refractivity contribution is 5.83. The number of anilines is 1. The second-order valence-corrected chi connectivity index (χ2v) is 7.13. The second kappa shape index (κ2) is 9.01. The zero-order chi connectivity index (χ0) is 19.1. The van der Waals surface area contributed by atoms with Crippen molar-refractivity contribution in [3.63, 3.8) is 0 Å². The third-order valence-corrected chi connectivity index (χ3v) is 5.15. The molecule has 1 aliphatic heterocycles. The molecule has 1 fully saturated rings. The Bertz CT molecular complexity index is 733. The molecule has 7 nitrogen and oxygen atoms in total. The third-order valence-electron chi connectivity index (χ3n) is 5.15. The number of carbonyl (C=O) groups excluding carboxylic acids is 1. The number of hydrogen-bond donors (Lipinski definition) is 3. The van der Waals surface area contributed by atoms with Gasteiger partial charge in [-0.2, -0.15) is 5.10 Å². The number of nitrogens with two attached hydrogens (primary N) is 1. The Hall–Kier alpha value is -2.38. The molecule has 0 radical (unpaired) electrons. The monoisotopic (exact) mass is 371 g/mol. The lowest BCUT2D eigenvalue weighted by molar-refractivity contribution is -0.136. The van der Waals surface area contributed by atoms with Crippen molar-refractivity contribution in [2.24, 2.45) is 5.41 Å². The maximum Gasteiger partial charge on any atom is 0.228 e.